The van der Waals surface area contributed by atoms with Crippen LogP contribution in [0.1, 0.15) is 0 Å². The fraction of sp³-hybridized carbons (Fsp3) is 1.00. The second kappa shape index (κ2) is 2.50. The molecule has 0 aromatic heterocycles. The Bertz CT molecular complexity index is 78.1. The van der Waals surface area contributed by atoms with Crippen LogP contribution < -0.4 is 0 Å². The van der Waals surface area contributed by atoms with Gasteiger partial charge < -0.3 is 8.22 Å². The number of rotatable bonds is 2. The monoisotopic (exact) mass is 168 g/mol. The Balaban J connectivity index is 3.75. The third-order valence-corrected chi connectivity index (χ3v) is 7.57. The minimum atomic E-state index is -2.61. The molecule has 0 bridgehead atoms. The average Bonchev–Trinajstić information content (AvgIpc) is 1.14. The highest BCUT2D eigenvalue weighted by atomic mass is 28.4. The van der Waals surface area contributed by atoms with Crippen molar-refractivity contribution in [1.82, 2.24) is 0 Å². The van der Waals surface area contributed by atoms with Gasteiger partial charge in [-0.05, 0) is 31.9 Å². The lowest BCUT2D eigenvalue weighted by atomic mass is 11.8. The van der Waals surface area contributed by atoms with E-state index in [9.17, 15) is 8.22 Å². The number of halogens is 2. The van der Waals surface area contributed by atoms with E-state index in [0.717, 1.165) is 0 Å². The molecule has 4 heteroatoms. The van der Waals surface area contributed by atoms with Crippen molar-refractivity contribution in [2.45, 2.75) is 31.9 Å². The van der Waals surface area contributed by atoms with Crippen molar-refractivity contribution in [3.05, 3.63) is 0 Å². The maximum Gasteiger partial charge on any atom is 0.240 e. The first-order valence-electron chi connectivity index (χ1n) is 3.09. The molecular formula is C5H14F2Si2. The third kappa shape index (κ3) is 8.29. The molecule has 0 amide bonds. The maximum absolute atomic E-state index is 12.8. The minimum absolute atomic E-state index is 0.236. The minimum Gasteiger partial charge on any atom is -0.315 e. The predicted molar refractivity (Wildman–Crippen MR) is 42.0 cm³/mol. The number of hydrogen-bond donors (Lipinski definition) is 0. The molecule has 0 aliphatic carbocycles. The molecule has 56 valence electrons. The number of hydrogen-bond acceptors (Lipinski definition) is 0. The van der Waals surface area contributed by atoms with Gasteiger partial charge in [-0.1, -0.05) is 0 Å². The molecule has 0 saturated carbocycles. The molecule has 0 saturated heterocycles. The van der Waals surface area contributed by atoms with Gasteiger partial charge in [0.15, 0.2) is 0 Å². The summed E-state index contributed by atoms with van der Waals surface area (Å²) < 4.78 is 25.6. The summed E-state index contributed by atoms with van der Waals surface area (Å²) in [5, 5.41) is 0. The van der Waals surface area contributed by atoms with E-state index >= 15 is 0 Å². The second-order valence-corrected chi connectivity index (χ2v) is 11.9. The summed E-state index contributed by atoms with van der Waals surface area (Å²) in [6.45, 7) is 6.23. The molecule has 0 nitrogen and oxygen atoms in total. The summed E-state index contributed by atoms with van der Waals surface area (Å²) in [5.41, 5.74) is 0.236. The van der Waals surface area contributed by atoms with Crippen molar-refractivity contribution < 1.29 is 8.22 Å². The van der Waals surface area contributed by atoms with E-state index in [4.69, 9.17) is 0 Å². The fourth-order valence-corrected chi connectivity index (χ4v) is 9.00. The Morgan fingerprint density at radius 2 is 1.11 bits per heavy atom. The standard InChI is InChI=1S/C5H14F2Si2/c1-8(2,6)5-9(3,4)7/h5H2,1-4H3. The second-order valence-electron chi connectivity index (χ2n) is 3.61. The Hall–Kier alpha value is 0.294. The molecule has 0 aromatic carbocycles. The van der Waals surface area contributed by atoms with Crippen LogP contribution in [0.2, 0.25) is 31.9 Å². The Morgan fingerprint density at radius 3 is 1.11 bits per heavy atom. The van der Waals surface area contributed by atoms with Crippen molar-refractivity contribution in [3.63, 3.8) is 0 Å². The van der Waals surface area contributed by atoms with Gasteiger partial charge in [-0.15, -0.1) is 0 Å². The molecule has 0 rings (SSSR count). The molecule has 0 fully saturated rings. The van der Waals surface area contributed by atoms with Crippen LogP contribution in [0.25, 0.3) is 0 Å². The summed E-state index contributed by atoms with van der Waals surface area (Å²) in [6, 6.07) is 0. The first kappa shape index (κ1) is 9.29. The Kier molecular flexibility index (Phi) is 2.58. The van der Waals surface area contributed by atoms with E-state index in [-0.39, 0.29) is 5.67 Å². The van der Waals surface area contributed by atoms with Crippen LogP contribution in [0.4, 0.5) is 8.22 Å². The van der Waals surface area contributed by atoms with Gasteiger partial charge in [0.1, 0.15) is 0 Å². The van der Waals surface area contributed by atoms with E-state index in [1.54, 1.807) is 26.2 Å². The van der Waals surface area contributed by atoms with E-state index < -0.39 is 16.8 Å². The average molecular weight is 168 g/mol. The van der Waals surface area contributed by atoms with Gasteiger partial charge in [0.2, 0.25) is 16.8 Å². The fourth-order valence-electron chi connectivity index (χ4n) is 1.000. The van der Waals surface area contributed by atoms with E-state index in [0.29, 0.717) is 0 Å². The Labute approximate surface area is 57.6 Å². The predicted octanol–water partition coefficient (Wildman–Crippen LogP) is 2.87. The summed E-state index contributed by atoms with van der Waals surface area (Å²) in [6.07, 6.45) is 0. The maximum atomic E-state index is 12.8. The normalized spacial score (nSPS) is 14.0. The molecule has 9 heavy (non-hydrogen) atoms. The van der Waals surface area contributed by atoms with Crippen LogP contribution in [-0.4, -0.2) is 16.8 Å². The first-order valence-corrected chi connectivity index (χ1v) is 9.26. The van der Waals surface area contributed by atoms with E-state index in [2.05, 4.69) is 0 Å². The lowest BCUT2D eigenvalue weighted by Crippen LogP contribution is -2.32. The van der Waals surface area contributed by atoms with E-state index in [1.807, 2.05) is 0 Å². The van der Waals surface area contributed by atoms with E-state index in [1.165, 1.54) is 0 Å². The van der Waals surface area contributed by atoms with Crippen LogP contribution in [0.5, 0.6) is 0 Å². The largest absolute Gasteiger partial charge is 0.315 e. The Morgan fingerprint density at radius 1 is 0.889 bits per heavy atom. The van der Waals surface area contributed by atoms with Crippen LogP contribution in [-0.2, 0) is 0 Å². The summed E-state index contributed by atoms with van der Waals surface area (Å²) in [5.74, 6) is 0. The zero-order valence-electron chi connectivity index (χ0n) is 6.46. The topological polar surface area (TPSA) is 0 Å². The molecule has 0 aliphatic heterocycles. The van der Waals surface area contributed by atoms with Crippen LogP contribution >= 0.6 is 0 Å². The van der Waals surface area contributed by atoms with Crippen molar-refractivity contribution in [3.8, 4) is 0 Å². The highest BCUT2D eigenvalue weighted by molar-refractivity contribution is 6.88. The summed E-state index contributed by atoms with van der Waals surface area (Å²) in [4.78, 5) is 0. The molecule has 0 atom stereocenters. The molecule has 0 aromatic rings. The molecule has 0 heterocycles. The van der Waals surface area contributed by atoms with Gasteiger partial charge in [0, 0.05) is 0 Å². The zero-order valence-corrected chi connectivity index (χ0v) is 8.46. The van der Waals surface area contributed by atoms with Gasteiger partial charge in [-0.25, -0.2) is 0 Å². The van der Waals surface area contributed by atoms with Gasteiger partial charge >= 0.3 is 0 Å². The summed E-state index contributed by atoms with van der Waals surface area (Å²) in [7, 11) is -5.21. The lowest BCUT2D eigenvalue weighted by Gasteiger charge is -2.16. The van der Waals surface area contributed by atoms with Crippen molar-refractivity contribution in [2.24, 2.45) is 0 Å². The zero-order chi connectivity index (χ0) is 7.71. The molecule has 0 aliphatic rings. The molecule has 0 spiro atoms. The first-order chi connectivity index (χ1) is 3.71. The van der Waals surface area contributed by atoms with Crippen LogP contribution in [0.3, 0.4) is 0 Å². The van der Waals surface area contributed by atoms with Crippen molar-refractivity contribution in [1.29, 1.82) is 0 Å². The van der Waals surface area contributed by atoms with Gasteiger partial charge in [0.05, 0.1) is 0 Å². The van der Waals surface area contributed by atoms with Gasteiger partial charge in [-0.2, -0.15) is 0 Å². The quantitative estimate of drug-likeness (QED) is 0.439. The van der Waals surface area contributed by atoms with Crippen LogP contribution in [0, 0.1) is 0 Å². The third-order valence-electron chi connectivity index (χ3n) is 0.841. The van der Waals surface area contributed by atoms with Crippen LogP contribution in [0.15, 0.2) is 0 Å². The SMILES string of the molecule is C[Si](C)(F)C[Si](C)(C)F. The highest BCUT2D eigenvalue weighted by Crippen LogP contribution is 2.20. The smallest absolute Gasteiger partial charge is 0.240 e. The van der Waals surface area contributed by atoms with Crippen molar-refractivity contribution in [2.75, 3.05) is 0 Å². The van der Waals surface area contributed by atoms with Gasteiger partial charge in [0.25, 0.3) is 0 Å². The molecule has 0 unspecified atom stereocenters. The van der Waals surface area contributed by atoms with Gasteiger partial charge in [-0.3, -0.25) is 0 Å². The van der Waals surface area contributed by atoms with Crippen molar-refractivity contribution >= 4 is 16.8 Å². The molecule has 0 radical (unpaired) electrons. The summed E-state index contributed by atoms with van der Waals surface area (Å²) >= 11 is 0. The molecular weight excluding hydrogens is 154 g/mol. The highest BCUT2D eigenvalue weighted by Gasteiger charge is 2.33. The lowest BCUT2D eigenvalue weighted by molar-refractivity contribution is 0.767. The molecule has 0 N–H and O–H groups in total.